The van der Waals surface area contributed by atoms with Crippen molar-refractivity contribution in [2.24, 2.45) is 5.92 Å². The quantitative estimate of drug-likeness (QED) is 0.315. The molecular weight excluding hydrogens is 533 g/mol. The highest BCUT2D eigenvalue weighted by molar-refractivity contribution is 5.91. The van der Waals surface area contributed by atoms with Crippen LogP contribution in [0, 0.1) is 11.7 Å². The van der Waals surface area contributed by atoms with Gasteiger partial charge in [0, 0.05) is 33.1 Å². The van der Waals surface area contributed by atoms with Crippen molar-refractivity contribution in [1.29, 1.82) is 0 Å². The van der Waals surface area contributed by atoms with Crippen molar-refractivity contribution in [1.82, 2.24) is 26.2 Å². The molecule has 0 bridgehead atoms. The Morgan fingerprint density at radius 3 is 2.45 bits per heavy atom. The Bertz CT molecular complexity index is 1420. The van der Waals surface area contributed by atoms with Crippen molar-refractivity contribution < 1.29 is 18.8 Å². The predicted molar refractivity (Wildman–Crippen MR) is 161 cm³/mol. The highest BCUT2D eigenvalue weighted by Crippen LogP contribution is 2.32. The predicted octanol–water partition coefficient (Wildman–Crippen LogP) is 2.55. The number of fused-ring (bicyclic) bond motifs is 1. The number of hydrogen-bond acceptors (Lipinski definition) is 5. The van der Waals surface area contributed by atoms with Crippen LogP contribution < -0.4 is 21.3 Å². The van der Waals surface area contributed by atoms with E-state index in [0.29, 0.717) is 32.5 Å². The van der Waals surface area contributed by atoms with Gasteiger partial charge in [0.25, 0.3) is 0 Å². The van der Waals surface area contributed by atoms with Crippen LogP contribution in [0.4, 0.5) is 4.39 Å². The van der Waals surface area contributed by atoms with Crippen molar-refractivity contribution in [3.63, 3.8) is 0 Å². The number of benzene rings is 3. The third-order valence-corrected chi connectivity index (χ3v) is 8.79. The highest BCUT2D eigenvalue weighted by Gasteiger charge is 2.48. The highest BCUT2D eigenvalue weighted by atomic mass is 19.1. The molecule has 5 rings (SSSR count). The van der Waals surface area contributed by atoms with Gasteiger partial charge in [-0.3, -0.25) is 14.4 Å². The van der Waals surface area contributed by atoms with Crippen molar-refractivity contribution >= 4 is 28.5 Å². The maximum Gasteiger partial charge on any atom is 0.246 e. The molecule has 3 aromatic carbocycles. The lowest BCUT2D eigenvalue weighted by Gasteiger charge is -2.50. The standard InChI is InChI=1S/C33H40FN5O3/c1-33(27(30(40)35-2)19-23-9-12-24-6-3-4-7-25(24)18-23)21-36-16-17-39(33)32(42)29(20-22-10-13-26(34)14-11-22)38-31(41)28-8-5-15-37-28/h3-4,6-7,9-14,18,27-29,36-37H,5,8,15-17,19-21H2,1-2H3,(H,35,40)(H,38,41). The summed E-state index contributed by atoms with van der Waals surface area (Å²) in [6, 6.07) is 19.1. The van der Waals surface area contributed by atoms with Crippen molar-refractivity contribution in [3.8, 4) is 0 Å². The summed E-state index contributed by atoms with van der Waals surface area (Å²) < 4.78 is 13.7. The van der Waals surface area contributed by atoms with E-state index in [2.05, 4.69) is 45.5 Å². The number of rotatable bonds is 9. The zero-order valence-electron chi connectivity index (χ0n) is 24.3. The average molecular weight is 574 g/mol. The fraction of sp³-hybridized carbons (Fsp3) is 0.424. The van der Waals surface area contributed by atoms with Crippen molar-refractivity contribution in [2.45, 2.75) is 50.2 Å². The molecule has 42 heavy (non-hydrogen) atoms. The molecule has 2 aliphatic heterocycles. The van der Waals surface area contributed by atoms with E-state index in [-0.39, 0.29) is 36.0 Å². The number of hydrogen-bond donors (Lipinski definition) is 4. The minimum absolute atomic E-state index is 0.151. The maximum absolute atomic E-state index is 14.4. The number of halogens is 1. The zero-order chi connectivity index (χ0) is 29.7. The molecule has 2 saturated heterocycles. The summed E-state index contributed by atoms with van der Waals surface area (Å²) in [5.41, 5.74) is 0.869. The second-order valence-corrected chi connectivity index (χ2v) is 11.6. The van der Waals surface area contributed by atoms with E-state index in [1.807, 2.05) is 25.1 Å². The summed E-state index contributed by atoms with van der Waals surface area (Å²) in [4.78, 5) is 42.9. The Kier molecular flexibility index (Phi) is 9.18. The minimum atomic E-state index is -0.877. The van der Waals surface area contributed by atoms with Crippen LogP contribution in [0.2, 0.25) is 0 Å². The number of nitrogens with zero attached hydrogens (tertiary/aromatic N) is 1. The normalized spacial score (nSPS) is 22.0. The molecule has 2 aliphatic rings. The van der Waals surface area contributed by atoms with Crippen LogP contribution in [0.3, 0.4) is 0 Å². The van der Waals surface area contributed by atoms with Gasteiger partial charge in [0.1, 0.15) is 11.9 Å². The number of nitrogens with one attached hydrogen (secondary N) is 4. The molecular formula is C33H40FN5O3. The second kappa shape index (κ2) is 13.0. The Hall–Kier alpha value is -3.82. The second-order valence-electron chi connectivity index (χ2n) is 11.6. The first kappa shape index (κ1) is 29.7. The van der Waals surface area contributed by atoms with E-state index < -0.39 is 17.5 Å². The molecule has 3 aromatic rings. The SMILES string of the molecule is CNC(=O)C(Cc1ccc2ccccc2c1)C1(C)CNCCN1C(=O)C(Cc1ccc(F)cc1)NC(=O)C1CCCN1. The van der Waals surface area contributed by atoms with E-state index in [4.69, 9.17) is 0 Å². The molecule has 222 valence electrons. The Morgan fingerprint density at radius 1 is 1.00 bits per heavy atom. The lowest BCUT2D eigenvalue weighted by molar-refractivity contribution is -0.148. The van der Waals surface area contributed by atoms with E-state index in [1.165, 1.54) is 12.1 Å². The molecule has 2 heterocycles. The molecule has 0 radical (unpaired) electrons. The number of carbonyl (C=O) groups is 3. The van der Waals surface area contributed by atoms with Gasteiger partial charge in [0.2, 0.25) is 17.7 Å². The minimum Gasteiger partial charge on any atom is -0.359 e. The van der Waals surface area contributed by atoms with Crippen molar-refractivity contribution in [3.05, 3.63) is 83.7 Å². The molecule has 8 nitrogen and oxygen atoms in total. The maximum atomic E-state index is 14.4. The van der Waals surface area contributed by atoms with Gasteiger partial charge in [0.15, 0.2) is 0 Å². The molecule has 3 amide bonds. The molecule has 0 spiro atoms. The first-order valence-electron chi connectivity index (χ1n) is 14.8. The van der Waals surface area contributed by atoms with E-state index >= 15 is 0 Å². The van der Waals surface area contributed by atoms with E-state index in [9.17, 15) is 18.8 Å². The summed E-state index contributed by atoms with van der Waals surface area (Å²) in [6.45, 7) is 4.09. The van der Waals surface area contributed by atoms with Crippen LogP contribution in [0.25, 0.3) is 10.8 Å². The van der Waals surface area contributed by atoms with Crippen LogP contribution in [-0.4, -0.2) is 73.5 Å². The van der Waals surface area contributed by atoms with Crippen LogP contribution in [0.1, 0.15) is 30.9 Å². The van der Waals surface area contributed by atoms with Gasteiger partial charge in [-0.15, -0.1) is 0 Å². The topological polar surface area (TPSA) is 103 Å². The number of amides is 3. The lowest BCUT2D eigenvalue weighted by Crippen LogP contribution is -2.69. The summed E-state index contributed by atoms with van der Waals surface area (Å²) >= 11 is 0. The fourth-order valence-corrected chi connectivity index (χ4v) is 6.35. The molecule has 4 atom stereocenters. The first-order valence-corrected chi connectivity index (χ1v) is 14.8. The third-order valence-electron chi connectivity index (χ3n) is 8.79. The summed E-state index contributed by atoms with van der Waals surface area (Å²) in [5, 5.41) is 14.6. The van der Waals surface area contributed by atoms with Gasteiger partial charge < -0.3 is 26.2 Å². The van der Waals surface area contributed by atoms with E-state index in [0.717, 1.165) is 34.9 Å². The molecule has 4 N–H and O–H groups in total. The van der Waals surface area contributed by atoms with Gasteiger partial charge in [-0.2, -0.15) is 0 Å². The largest absolute Gasteiger partial charge is 0.359 e. The molecule has 0 saturated carbocycles. The van der Waals surface area contributed by atoms with Gasteiger partial charge in [0.05, 0.1) is 17.5 Å². The Labute approximate surface area is 246 Å². The van der Waals surface area contributed by atoms with E-state index in [1.54, 1.807) is 24.1 Å². The summed E-state index contributed by atoms with van der Waals surface area (Å²) in [7, 11) is 1.62. The van der Waals surface area contributed by atoms with Crippen LogP contribution in [0.15, 0.2) is 66.7 Å². The molecule has 9 heteroatoms. The summed E-state index contributed by atoms with van der Waals surface area (Å²) in [6.07, 6.45) is 2.26. The van der Waals surface area contributed by atoms with Gasteiger partial charge in [-0.05, 0) is 66.8 Å². The fourth-order valence-electron chi connectivity index (χ4n) is 6.35. The summed E-state index contributed by atoms with van der Waals surface area (Å²) in [5.74, 6) is -1.54. The molecule has 0 aliphatic carbocycles. The monoisotopic (exact) mass is 573 g/mol. The van der Waals surface area contributed by atoms with Gasteiger partial charge in [-0.1, -0.05) is 54.6 Å². The van der Waals surface area contributed by atoms with Gasteiger partial charge in [-0.25, -0.2) is 4.39 Å². The van der Waals surface area contributed by atoms with Crippen LogP contribution in [-0.2, 0) is 27.2 Å². The number of carbonyl (C=O) groups excluding carboxylic acids is 3. The molecule has 2 fully saturated rings. The van der Waals surface area contributed by atoms with Crippen LogP contribution in [0.5, 0.6) is 0 Å². The average Bonchev–Trinajstić information content (AvgIpc) is 3.55. The third kappa shape index (κ3) is 6.47. The lowest BCUT2D eigenvalue weighted by atomic mass is 9.77. The first-order chi connectivity index (χ1) is 20.3. The Morgan fingerprint density at radius 2 is 1.74 bits per heavy atom. The molecule has 4 unspecified atom stereocenters. The smallest absolute Gasteiger partial charge is 0.246 e. The number of piperazine rings is 1. The van der Waals surface area contributed by atoms with Gasteiger partial charge >= 0.3 is 0 Å². The van der Waals surface area contributed by atoms with Crippen LogP contribution >= 0.6 is 0 Å². The Balaban J connectivity index is 1.45. The molecule has 0 aromatic heterocycles. The van der Waals surface area contributed by atoms with Crippen molar-refractivity contribution in [2.75, 3.05) is 33.2 Å². The zero-order valence-corrected chi connectivity index (χ0v) is 24.3.